The Morgan fingerprint density at radius 2 is 1.88 bits per heavy atom. The molecule has 0 fully saturated rings. The van der Waals surface area contributed by atoms with E-state index in [1.54, 1.807) is 0 Å². The van der Waals surface area contributed by atoms with Gasteiger partial charge in [-0.3, -0.25) is 9.98 Å². The van der Waals surface area contributed by atoms with Gasteiger partial charge in [0.15, 0.2) is 0 Å². The molecule has 0 spiro atoms. The number of benzene rings is 2. The lowest BCUT2D eigenvalue weighted by Crippen LogP contribution is -2.45. The highest BCUT2D eigenvalue weighted by Crippen LogP contribution is 2.34. The number of hydrogen-bond acceptors (Lipinski definition) is 3. The van der Waals surface area contributed by atoms with E-state index in [0.29, 0.717) is 0 Å². The highest BCUT2D eigenvalue weighted by Gasteiger charge is 2.29. The van der Waals surface area contributed by atoms with Gasteiger partial charge in [0.1, 0.15) is 0 Å². The van der Waals surface area contributed by atoms with Gasteiger partial charge >= 0.3 is 0 Å². The van der Waals surface area contributed by atoms with E-state index >= 15 is 0 Å². The summed E-state index contributed by atoms with van der Waals surface area (Å²) in [6.07, 6.45) is 6.45. The van der Waals surface area contributed by atoms with Gasteiger partial charge in [-0.25, -0.2) is 0 Å². The summed E-state index contributed by atoms with van der Waals surface area (Å²) in [5.41, 5.74) is 14.8. The van der Waals surface area contributed by atoms with Crippen molar-refractivity contribution in [3.8, 4) is 0 Å². The second kappa shape index (κ2) is 6.33. The molecule has 0 radical (unpaired) electrons. The van der Waals surface area contributed by atoms with Crippen molar-refractivity contribution in [1.29, 1.82) is 0 Å². The zero-order valence-electron chi connectivity index (χ0n) is 15.7. The fourth-order valence-corrected chi connectivity index (χ4v) is 3.71. The fraction of sp³-hybridized carbons (Fsp3) is 0.304. The van der Waals surface area contributed by atoms with E-state index in [2.05, 4.69) is 67.1 Å². The Kier molecular flexibility index (Phi) is 4.12. The average Bonchev–Trinajstić information content (AvgIpc) is 2.62. The summed E-state index contributed by atoms with van der Waals surface area (Å²) in [5.74, 6) is 0. The maximum atomic E-state index is 6.74. The number of hydrogen-bond donors (Lipinski definition) is 1. The first-order valence-electron chi connectivity index (χ1n) is 9.22. The third kappa shape index (κ3) is 3.15. The van der Waals surface area contributed by atoms with Crippen molar-refractivity contribution in [2.24, 2.45) is 10.7 Å². The van der Waals surface area contributed by atoms with Gasteiger partial charge in [-0.05, 0) is 73.9 Å². The molecule has 0 saturated heterocycles. The number of aryl methyl sites for hydroxylation is 4. The number of aromatic nitrogens is 1. The van der Waals surface area contributed by atoms with Crippen LogP contribution in [-0.2, 0) is 12.8 Å². The zero-order chi connectivity index (χ0) is 18.3. The van der Waals surface area contributed by atoms with Crippen molar-refractivity contribution in [2.75, 3.05) is 0 Å². The Morgan fingerprint density at radius 3 is 2.69 bits per heavy atom. The Bertz CT molecular complexity index is 1020. The second-order valence-electron chi connectivity index (χ2n) is 7.73. The van der Waals surface area contributed by atoms with Gasteiger partial charge in [-0.15, -0.1) is 0 Å². The van der Waals surface area contributed by atoms with E-state index < -0.39 is 5.54 Å². The molecule has 2 heterocycles. The molecule has 4 rings (SSSR count). The van der Waals surface area contributed by atoms with Gasteiger partial charge in [0.25, 0.3) is 0 Å². The van der Waals surface area contributed by atoms with Crippen LogP contribution in [0.3, 0.4) is 0 Å². The molecule has 1 unspecified atom stereocenters. The van der Waals surface area contributed by atoms with Gasteiger partial charge in [-0.1, -0.05) is 30.3 Å². The van der Waals surface area contributed by atoms with Crippen LogP contribution in [0.2, 0.25) is 0 Å². The van der Waals surface area contributed by atoms with Crippen LogP contribution in [0.25, 0.3) is 10.9 Å². The third-order valence-electron chi connectivity index (χ3n) is 5.53. The van der Waals surface area contributed by atoms with E-state index in [1.165, 1.54) is 33.2 Å². The first-order chi connectivity index (χ1) is 12.4. The smallest absolute Gasteiger partial charge is 0.0848 e. The van der Waals surface area contributed by atoms with E-state index in [4.69, 9.17) is 5.73 Å². The largest absolute Gasteiger partial charge is 0.320 e. The van der Waals surface area contributed by atoms with Gasteiger partial charge in [0.05, 0.1) is 22.9 Å². The highest BCUT2D eigenvalue weighted by atomic mass is 14.9. The predicted octanol–water partition coefficient (Wildman–Crippen LogP) is 4.75. The van der Waals surface area contributed by atoms with Crippen LogP contribution in [0.1, 0.15) is 34.2 Å². The molecular formula is C23H25N3. The molecule has 1 atom stereocenters. The lowest BCUT2D eigenvalue weighted by molar-refractivity contribution is 0.523. The average molecular weight is 343 g/mol. The Morgan fingerprint density at radius 1 is 1.04 bits per heavy atom. The molecule has 1 aliphatic heterocycles. The van der Waals surface area contributed by atoms with Crippen molar-refractivity contribution in [1.82, 2.24) is 4.98 Å². The molecule has 132 valence electrons. The summed E-state index contributed by atoms with van der Waals surface area (Å²) in [6, 6.07) is 13.1. The van der Waals surface area contributed by atoms with Crippen LogP contribution in [0, 0.1) is 20.8 Å². The topological polar surface area (TPSA) is 51.3 Å². The Hall–Kier alpha value is -2.52. The second-order valence-corrected chi connectivity index (χ2v) is 7.73. The predicted molar refractivity (Wildman–Crippen MR) is 109 cm³/mol. The highest BCUT2D eigenvalue weighted by molar-refractivity contribution is 5.90. The first-order valence-corrected chi connectivity index (χ1v) is 9.22. The molecule has 1 aromatic heterocycles. The van der Waals surface area contributed by atoms with E-state index in [0.717, 1.165) is 30.5 Å². The normalized spacial score (nSPS) is 18.9. The van der Waals surface area contributed by atoms with Gasteiger partial charge in [-0.2, -0.15) is 0 Å². The maximum absolute atomic E-state index is 6.74. The Labute approximate surface area is 155 Å². The summed E-state index contributed by atoms with van der Waals surface area (Å²) in [4.78, 5) is 9.21. The van der Waals surface area contributed by atoms with Crippen molar-refractivity contribution in [3.63, 3.8) is 0 Å². The maximum Gasteiger partial charge on any atom is 0.0848 e. The molecular weight excluding hydrogens is 318 g/mol. The summed E-state index contributed by atoms with van der Waals surface area (Å²) < 4.78 is 0. The summed E-state index contributed by atoms with van der Waals surface area (Å²) >= 11 is 0. The lowest BCUT2D eigenvalue weighted by Gasteiger charge is -2.30. The SMILES string of the molecule is Cc1ccc2c3c(cnc2c1)N=CC(N)(CCc1ccc(C)c(C)c1)C3. The minimum Gasteiger partial charge on any atom is -0.320 e. The number of pyridine rings is 1. The van der Waals surface area contributed by atoms with Gasteiger partial charge < -0.3 is 5.73 Å². The van der Waals surface area contributed by atoms with Crippen LogP contribution in [0.15, 0.2) is 47.6 Å². The molecule has 0 amide bonds. The molecule has 2 aromatic carbocycles. The van der Waals surface area contributed by atoms with Crippen molar-refractivity contribution in [3.05, 3.63) is 70.4 Å². The molecule has 3 aromatic rings. The zero-order valence-corrected chi connectivity index (χ0v) is 15.7. The van der Waals surface area contributed by atoms with Crippen LogP contribution < -0.4 is 5.73 Å². The quantitative estimate of drug-likeness (QED) is 0.746. The minimum absolute atomic E-state index is 0.412. The number of fused-ring (bicyclic) bond motifs is 3. The van der Waals surface area contributed by atoms with Crippen LogP contribution in [-0.4, -0.2) is 16.7 Å². The minimum atomic E-state index is -0.412. The number of rotatable bonds is 3. The number of aliphatic imine (C=N–C) groups is 1. The molecule has 0 aliphatic carbocycles. The van der Waals surface area contributed by atoms with Crippen molar-refractivity contribution < 1.29 is 0 Å². The van der Waals surface area contributed by atoms with Crippen LogP contribution in [0.4, 0.5) is 5.69 Å². The number of nitrogens with two attached hydrogens (primary N) is 1. The van der Waals surface area contributed by atoms with Gasteiger partial charge in [0, 0.05) is 11.6 Å². The monoisotopic (exact) mass is 343 g/mol. The summed E-state index contributed by atoms with van der Waals surface area (Å²) in [5, 5.41) is 1.17. The first kappa shape index (κ1) is 16.9. The number of nitrogens with zero attached hydrogens (tertiary/aromatic N) is 2. The van der Waals surface area contributed by atoms with E-state index in [9.17, 15) is 0 Å². The molecule has 1 aliphatic rings. The van der Waals surface area contributed by atoms with E-state index in [-0.39, 0.29) is 0 Å². The molecule has 26 heavy (non-hydrogen) atoms. The van der Waals surface area contributed by atoms with Gasteiger partial charge in [0.2, 0.25) is 0 Å². The molecule has 2 N–H and O–H groups in total. The van der Waals surface area contributed by atoms with Crippen molar-refractivity contribution >= 4 is 22.8 Å². The van der Waals surface area contributed by atoms with Crippen LogP contribution in [0.5, 0.6) is 0 Å². The molecule has 0 bridgehead atoms. The Balaban J connectivity index is 1.61. The molecule has 0 saturated carbocycles. The van der Waals surface area contributed by atoms with Crippen LogP contribution >= 0.6 is 0 Å². The van der Waals surface area contributed by atoms with Crippen molar-refractivity contribution in [2.45, 2.75) is 45.6 Å². The standard InChI is InChI=1S/C23H25N3/c1-15-4-7-19-20-12-23(24,14-26-22(20)13-25-21(19)10-15)9-8-18-6-5-16(2)17(3)11-18/h4-7,10-11,13-14H,8-9,12,24H2,1-3H3. The summed E-state index contributed by atoms with van der Waals surface area (Å²) in [7, 11) is 0. The third-order valence-corrected chi connectivity index (χ3v) is 5.53. The fourth-order valence-electron chi connectivity index (χ4n) is 3.71. The molecule has 3 nitrogen and oxygen atoms in total. The molecule has 3 heteroatoms. The summed E-state index contributed by atoms with van der Waals surface area (Å²) in [6.45, 7) is 6.40. The lowest BCUT2D eigenvalue weighted by atomic mass is 9.83. The van der Waals surface area contributed by atoms with E-state index in [1.807, 2.05) is 12.4 Å².